The summed E-state index contributed by atoms with van der Waals surface area (Å²) in [5, 5.41) is 11.8. The summed E-state index contributed by atoms with van der Waals surface area (Å²) in [7, 11) is 1.56. The fraction of sp³-hybridized carbons (Fsp3) is 0.318. The molecule has 0 unspecified atom stereocenters. The van der Waals surface area contributed by atoms with E-state index in [1.54, 1.807) is 31.0 Å². The Hall–Kier alpha value is -2.35. The van der Waals surface area contributed by atoms with Crippen molar-refractivity contribution in [2.24, 2.45) is 0 Å². The standard InChI is InChI=1S/C22H21FN2O3S/c1-27-18-9-13-8-14-12-29-19-10-15(23)2-3-16(19)21(14)24-20(13)17(22(18)26)11-25-4-6-28-7-5-25/h2-3,8-10,26H,4-7,11-12H2,1H3. The molecular formula is C22H21FN2O3S. The number of ether oxygens (including phenoxy) is 2. The van der Waals surface area contributed by atoms with E-state index in [1.807, 2.05) is 6.07 Å². The van der Waals surface area contributed by atoms with E-state index in [0.717, 1.165) is 57.0 Å². The fourth-order valence-corrected chi connectivity index (χ4v) is 5.04. The Balaban J connectivity index is 1.69. The molecule has 2 aromatic carbocycles. The van der Waals surface area contributed by atoms with E-state index in [1.165, 1.54) is 6.07 Å². The van der Waals surface area contributed by atoms with Gasteiger partial charge in [0.1, 0.15) is 5.82 Å². The van der Waals surface area contributed by atoms with Gasteiger partial charge in [-0.25, -0.2) is 9.37 Å². The highest BCUT2D eigenvalue weighted by Crippen LogP contribution is 2.44. The molecule has 0 bridgehead atoms. The second kappa shape index (κ2) is 7.48. The number of halogens is 1. The van der Waals surface area contributed by atoms with Crippen LogP contribution < -0.4 is 4.74 Å². The van der Waals surface area contributed by atoms with E-state index in [-0.39, 0.29) is 11.6 Å². The van der Waals surface area contributed by atoms with Gasteiger partial charge >= 0.3 is 0 Å². The number of aromatic nitrogens is 1. The van der Waals surface area contributed by atoms with Crippen molar-refractivity contribution >= 4 is 22.7 Å². The van der Waals surface area contributed by atoms with Gasteiger partial charge in [0.2, 0.25) is 0 Å². The lowest BCUT2D eigenvalue weighted by molar-refractivity contribution is 0.0340. The van der Waals surface area contributed by atoms with Gasteiger partial charge in [0.15, 0.2) is 11.5 Å². The van der Waals surface area contributed by atoms with Crippen LogP contribution in [0.15, 0.2) is 35.2 Å². The Morgan fingerprint density at radius 2 is 2.07 bits per heavy atom. The largest absolute Gasteiger partial charge is 0.504 e. The molecule has 1 N–H and O–H groups in total. The second-order valence-corrected chi connectivity index (χ2v) is 8.31. The number of rotatable bonds is 3. The number of fused-ring (bicyclic) bond motifs is 4. The Bertz CT molecular complexity index is 1100. The molecule has 0 spiro atoms. The summed E-state index contributed by atoms with van der Waals surface area (Å²) in [6.45, 7) is 3.55. The zero-order valence-electron chi connectivity index (χ0n) is 16.1. The van der Waals surface area contributed by atoms with Gasteiger partial charge in [-0.15, -0.1) is 11.8 Å². The van der Waals surface area contributed by atoms with Gasteiger partial charge in [0.05, 0.1) is 31.5 Å². The summed E-state index contributed by atoms with van der Waals surface area (Å²) in [5.74, 6) is 1.07. The minimum atomic E-state index is -0.240. The molecule has 7 heteroatoms. The Kier molecular flexibility index (Phi) is 4.81. The van der Waals surface area contributed by atoms with Crippen molar-refractivity contribution in [3.8, 4) is 22.8 Å². The predicted molar refractivity (Wildman–Crippen MR) is 111 cm³/mol. The van der Waals surface area contributed by atoms with Gasteiger partial charge in [-0.1, -0.05) is 0 Å². The molecule has 1 fully saturated rings. The highest BCUT2D eigenvalue weighted by Gasteiger charge is 2.24. The molecule has 5 rings (SSSR count). The van der Waals surface area contributed by atoms with Crippen LogP contribution in [0.5, 0.6) is 11.5 Å². The van der Waals surface area contributed by atoms with Gasteiger partial charge in [0, 0.05) is 46.8 Å². The van der Waals surface area contributed by atoms with Crippen molar-refractivity contribution in [1.82, 2.24) is 9.88 Å². The first-order valence-electron chi connectivity index (χ1n) is 9.59. The van der Waals surface area contributed by atoms with Crippen molar-refractivity contribution in [2.75, 3.05) is 33.4 Å². The number of thioether (sulfide) groups is 1. The molecule has 0 radical (unpaired) electrons. The van der Waals surface area contributed by atoms with Gasteiger partial charge in [-0.05, 0) is 35.9 Å². The maximum atomic E-state index is 13.7. The van der Waals surface area contributed by atoms with Crippen LogP contribution in [0.4, 0.5) is 4.39 Å². The van der Waals surface area contributed by atoms with Crippen molar-refractivity contribution in [2.45, 2.75) is 17.2 Å². The molecule has 0 aliphatic carbocycles. The number of methoxy groups -OCH3 is 1. The zero-order chi connectivity index (χ0) is 20.0. The number of morpholine rings is 1. The van der Waals surface area contributed by atoms with Crippen LogP contribution in [-0.4, -0.2) is 48.4 Å². The highest BCUT2D eigenvalue weighted by molar-refractivity contribution is 7.98. The van der Waals surface area contributed by atoms with Crippen molar-refractivity contribution < 1.29 is 19.0 Å². The molecule has 3 aromatic rings. The van der Waals surface area contributed by atoms with Gasteiger partial charge in [-0.2, -0.15) is 0 Å². The van der Waals surface area contributed by atoms with Crippen molar-refractivity contribution in [1.29, 1.82) is 0 Å². The SMILES string of the molecule is COc1cc2cc3c(nc2c(CN2CCOCC2)c1O)-c1ccc(F)cc1SC3. The minimum Gasteiger partial charge on any atom is -0.504 e. The number of hydrogen-bond donors (Lipinski definition) is 1. The molecule has 3 heterocycles. The van der Waals surface area contributed by atoms with Crippen LogP contribution >= 0.6 is 11.8 Å². The second-order valence-electron chi connectivity index (χ2n) is 7.29. The number of phenolic OH excluding ortho intramolecular Hbond substituents is 1. The average Bonchev–Trinajstić information content (AvgIpc) is 2.75. The monoisotopic (exact) mass is 412 g/mol. The molecule has 0 atom stereocenters. The summed E-state index contributed by atoms with van der Waals surface area (Å²) >= 11 is 1.62. The number of benzene rings is 2. The normalized spacial score (nSPS) is 16.5. The minimum absolute atomic E-state index is 0.128. The molecule has 2 aliphatic heterocycles. The lowest BCUT2D eigenvalue weighted by Gasteiger charge is -2.28. The molecule has 1 aromatic heterocycles. The Morgan fingerprint density at radius 3 is 2.86 bits per heavy atom. The first-order chi connectivity index (χ1) is 14.1. The summed E-state index contributed by atoms with van der Waals surface area (Å²) in [6, 6.07) is 8.78. The number of hydrogen-bond acceptors (Lipinski definition) is 6. The van der Waals surface area contributed by atoms with Crippen LogP contribution in [0, 0.1) is 5.82 Å². The lowest BCUT2D eigenvalue weighted by Crippen LogP contribution is -2.35. The topological polar surface area (TPSA) is 54.8 Å². The molecule has 5 nitrogen and oxygen atoms in total. The van der Waals surface area contributed by atoms with E-state index in [4.69, 9.17) is 14.5 Å². The summed E-state index contributed by atoms with van der Waals surface area (Å²) < 4.78 is 24.6. The average molecular weight is 412 g/mol. The van der Waals surface area contributed by atoms with E-state index in [9.17, 15) is 9.50 Å². The lowest BCUT2D eigenvalue weighted by atomic mass is 10.0. The van der Waals surface area contributed by atoms with E-state index < -0.39 is 0 Å². The van der Waals surface area contributed by atoms with Gasteiger partial charge < -0.3 is 14.6 Å². The maximum Gasteiger partial charge on any atom is 0.164 e. The third-order valence-electron chi connectivity index (χ3n) is 5.51. The molecule has 2 aliphatic rings. The number of pyridine rings is 1. The number of nitrogens with zero attached hydrogens (tertiary/aromatic N) is 2. The smallest absolute Gasteiger partial charge is 0.164 e. The Morgan fingerprint density at radius 1 is 1.24 bits per heavy atom. The fourth-order valence-electron chi connectivity index (χ4n) is 3.99. The van der Waals surface area contributed by atoms with E-state index >= 15 is 0 Å². The van der Waals surface area contributed by atoms with Crippen molar-refractivity contribution in [3.63, 3.8) is 0 Å². The molecule has 1 saturated heterocycles. The molecule has 0 saturated carbocycles. The van der Waals surface area contributed by atoms with Gasteiger partial charge in [-0.3, -0.25) is 4.90 Å². The van der Waals surface area contributed by atoms with Crippen molar-refractivity contribution in [3.05, 3.63) is 47.3 Å². The molecular weight excluding hydrogens is 391 g/mol. The predicted octanol–water partition coefficient (Wildman–Crippen LogP) is 4.19. The summed E-state index contributed by atoms with van der Waals surface area (Å²) in [4.78, 5) is 8.13. The quantitative estimate of drug-likeness (QED) is 0.696. The van der Waals surface area contributed by atoms with Crippen LogP contribution in [0.3, 0.4) is 0 Å². The van der Waals surface area contributed by atoms with E-state index in [0.29, 0.717) is 25.5 Å². The third-order valence-corrected chi connectivity index (χ3v) is 6.61. The Labute approximate surface area is 172 Å². The molecule has 0 amide bonds. The first-order valence-corrected chi connectivity index (χ1v) is 10.6. The van der Waals surface area contributed by atoms with Crippen LogP contribution in [0.25, 0.3) is 22.2 Å². The maximum absolute atomic E-state index is 13.7. The number of aromatic hydroxyl groups is 1. The molecule has 150 valence electrons. The third kappa shape index (κ3) is 3.33. The van der Waals surface area contributed by atoms with Crippen LogP contribution in [0.2, 0.25) is 0 Å². The number of phenols is 1. The highest BCUT2D eigenvalue weighted by atomic mass is 32.2. The molecule has 29 heavy (non-hydrogen) atoms. The first kappa shape index (κ1) is 18.7. The summed E-state index contributed by atoms with van der Waals surface area (Å²) in [6.07, 6.45) is 0. The zero-order valence-corrected chi connectivity index (χ0v) is 16.9. The van der Waals surface area contributed by atoms with Gasteiger partial charge in [0.25, 0.3) is 0 Å². The summed E-state index contributed by atoms with van der Waals surface area (Å²) in [5.41, 5.74) is 4.42. The van der Waals surface area contributed by atoms with Crippen LogP contribution in [0.1, 0.15) is 11.1 Å². The van der Waals surface area contributed by atoms with Crippen LogP contribution in [-0.2, 0) is 17.0 Å². The van der Waals surface area contributed by atoms with E-state index in [2.05, 4.69) is 11.0 Å².